The van der Waals surface area contributed by atoms with Crippen LogP contribution in [0.3, 0.4) is 0 Å². The molecular formula is C19H25NO6. The van der Waals surface area contributed by atoms with Gasteiger partial charge in [0.25, 0.3) is 5.91 Å². The fraction of sp³-hybridized carbons (Fsp3) is 0.632. The summed E-state index contributed by atoms with van der Waals surface area (Å²) < 4.78 is 29.7. The number of nitrogens with one attached hydrogen (secondary N) is 1. The van der Waals surface area contributed by atoms with Crippen LogP contribution in [0.4, 0.5) is 5.69 Å². The molecular weight excluding hydrogens is 338 g/mol. The fourth-order valence-electron chi connectivity index (χ4n) is 3.67. The van der Waals surface area contributed by atoms with Gasteiger partial charge in [0.2, 0.25) is 0 Å². The highest BCUT2D eigenvalue weighted by atomic mass is 16.9. The van der Waals surface area contributed by atoms with E-state index >= 15 is 0 Å². The minimum atomic E-state index is -0.859. The van der Waals surface area contributed by atoms with Gasteiger partial charge in [-0.2, -0.15) is 0 Å². The lowest BCUT2D eigenvalue weighted by atomic mass is 9.98. The van der Waals surface area contributed by atoms with Gasteiger partial charge in [-0.3, -0.25) is 4.79 Å². The minimum absolute atomic E-state index is 0.295. The maximum Gasteiger partial charge on any atom is 0.256 e. The number of ether oxygens (including phenoxy) is 5. The van der Waals surface area contributed by atoms with Gasteiger partial charge in [-0.05, 0) is 46.8 Å². The molecule has 3 heterocycles. The maximum atomic E-state index is 12.9. The van der Waals surface area contributed by atoms with Crippen molar-refractivity contribution in [3.63, 3.8) is 0 Å². The Bertz CT molecular complexity index is 700. The smallest absolute Gasteiger partial charge is 0.256 e. The zero-order chi connectivity index (χ0) is 18.7. The van der Waals surface area contributed by atoms with Crippen LogP contribution in [0, 0.1) is 6.92 Å². The molecule has 7 nitrogen and oxygen atoms in total. The van der Waals surface area contributed by atoms with Crippen molar-refractivity contribution in [2.45, 2.75) is 76.9 Å². The number of carbonyl (C=O) groups is 1. The molecule has 0 unspecified atom stereocenters. The van der Waals surface area contributed by atoms with Gasteiger partial charge in [0, 0.05) is 5.69 Å². The van der Waals surface area contributed by atoms with E-state index < -0.39 is 42.3 Å². The van der Waals surface area contributed by atoms with Crippen molar-refractivity contribution >= 4 is 11.6 Å². The third kappa shape index (κ3) is 3.25. The Balaban J connectivity index is 1.57. The van der Waals surface area contributed by atoms with Crippen molar-refractivity contribution in [3.8, 4) is 0 Å². The van der Waals surface area contributed by atoms with Crippen LogP contribution in [-0.2, 0) is 28.5 Å². The topological polar surface area (TPSA) is 75.3 Å². The number of hydrogen-bond donors (Lipinski definition) is 1. The summed E-state index contributed by atoms with van der Waals surface area (Å²) in [5.74, 6) is -1.93. The number of fused-ring (bicyclic) bond motifs is 3. The SMILES string of the molecule is Cc1ccc(NC(=O)[C@@H]2O[C@@H]3OC(C)(C)O[C@@H]3[C@@H]3OC(C)(C)O[C@H]32)cc1. The van der Waals surface area contributed by atoms with Gasteiger partial charge >= 0.3 is 0 Å². The molecule has 0 aromatic heterocycles. The zero-order valence-electron chi connectivity index (χ0n) is 15.6. The third-order valence-electron chi connectivity index (χ3n) is 4.73. The van der Waals surface area contributed by atoms with E-state index in [2.05, 4.69) is 5.32 Å². The molecule has 3 aliphatic rings. The summed E-state index contributed by atoms with van der Waals surface area (Å²) in [5, 5.41) is 2.88. The first-order valence-corrected chi connectivity index (χ1v) is 8.88. The quantitative estimate of drug-likeness (QED) is 0.869. The molecule has 142 valence electrons. The Morgan fingerprint density at radius 2 is 1.46 bits per heavy atom. The lowest BCUT2D eigenvalue weighted by molar-refractivity contribution is -0.229. The molecule has 1 amide bonds. The summed E-state index contributed by atoms with van der Waals surface area (Å²) in [6, 6.07) is 7.57. The lowest BCUT2D eigenvalue weighted by Crippen LogP contribution is -2.58. The van der Waals surface area contributed by atoms with Crippen LogP contribution in [0.1, 0.15) is 33.3 Å². The highest BCUT2D eigenvalue weighted by Gasteiger charge is 2.62. The first-order chi connectivity index (χ1) is 12.1. The van der Waals surface area contributed by atoms with Gasteiger partial charge in [-0.25, -0.2) is 0 Å². The van der Waals surface area contributed by atoms with Crippen LogP contribution in [0.2, 0.25) is 0 Å². The van der Waals surface area contributed by atoms with Crippen LogP contribution < -0.4 is 5.32 Å². The molecule has 0 saturated carbocycles. The number of rotatable bonds is 2. The molecule has 1 aromatic carbocycles. The molecule has 7 heteroatoms. The molecule has 1 N–H and O–H groups in total. The normalized spacial score (nSPS) is 37.0. The standard InChI is InChI=1S/C19H25NO6/c1-10-6-8-11(9-7-10)20-16(21)14-12-13(24-18(2,3)23-12)15-17(22-14)26-19(4,5)25-15/h6-9,12-15,17H,1-5H3,(H,20,21)/t12-,13-,14-,15-,17-/m1/s1. The van der Waals surface area contributed by atoms with Crippen LogP contribution in [0.25, 0.3) is 0 Å². The molecule has 4 rings (SSSR count). The van der Waals surface area contributed by atoms with E-state index in [0.29, 0.717) is 5.69 Å². The second-order valence-corrected chi connectivity index (χ2v) is 7.95. The first-order valence-electron chi connectivity index (χ1n) is 8.88. The summed E-state index contributed by atoms with van der Waals surface area (Å²) in [6.07, 6.45) is -3.01. The number of hydrogen-bond acceptors (Lipinski definition) is 6. The molecule has 0 spiro atoms. The Kier molecular flexibility index (Phi) is 4.13. The van der Waals surface area contributed by atoms with E-state index in [1.54, 1.807) is 0 Å². The molecule has 5 atom stereocenters. The monoisotopic (exact) mass is 363 g/mol. The van der Waals surface area contributed by atoms with Crippen molar-refractivity contribution in [2.75, 3.05) is 5.32 Å². The van der Waals surface area contributed by atoms with Gasteiger partial charge in [0.15, 0.2) is 24.0 Å². The highest BCUT2D eigenvalue weighted by molar-refractivity contribution is 5.94. The van der Waals surface area contributed by atoms with Gasteiger partial charge in [-0.1, -0.05) is 17.7 Å². The van der Waals surface area contributed by atoms with Crippen molar-refractivity contribution in [1.29, 1.82) is 0 Å². The highest BCUT2D eigenvalue weighted by Crippen LogP contribution is 2.44. The van der Waals surface area contributed by atoms with Crippen LogP contribution in [0.5, 0.6) is 0 Å². The van der Waals surface area contributed by atoms with Crippen molar-refractivity contribution < 1.29 is 28.5 Å². The van der Waals surface area contributed by atoms with E-state index in [9.17, 15) is 4.79 Å². The van der Waals surface area contributed by atoms with Gasteiger partial charge in [0.05, 0.1) is 0 Å². The second-order valence-electron chi connectivity index (χ2n) is 7.95. The summed E-state index contributed by atoms with van der Waals surface area (Å²) in [7, 11) is 0. The summed E-state index contributed by atoms with van der Waals surface area (Å²) in [6.45, 7) is 9.25. The summed E-state index contributed by atoms with van der Waals surface area (Å²) >= 11 is 0. The van der Waals surface area contributed by atoms with Crippen molar-refractivity contribution in [2.24, 2.45) is 0 Å². The fourth-order valence-corrected chi connectivity index (χ4v) is 3.67. The van der Waals surface area contributed by atoms with E-state index in [1.165, 1.54) is 0 Å². The number of anilines is 1. The Labute approximate surface area is 152 Å². The molecule has 3 saturated heterocycles. The molecule has 26 heavy (non-hydrogen) atoms. The predicted octanol–water partition coefficient (Wildman–Crippen LogP) is 2.33. The summed E-state index contributed by atoms with van der Waals surface area (Å²) in [4.78, 5) is 12.9. The first kappa shape index (κ1) is 17.9. The predicted molar refractivity (Wildman–Crippen MR) is 92.3 cm³/mol. The minimum Gasteiger partial charge on any atom is -0.342 e. The molecule has 3 fully saturated rings. The van der Waals surface area contributed by atoms with Gasteiger partial charge in [0.1, 0.15) is 18.3 Å². The molecule has 1 aromatic rings. The maximum absolute atomic E-state index is 12.9. The van der Waals surface area contributed by atoms with Crippen LogP contribution in [0.15, 0.2) is 24.3 Å². The summed E-state index contributed by atoms with van der Waals surface area (Å²) in [5.41, 5.74) is 1.82. The number of carbonyl (C=O) groups excluding carboxylic acids is 1. The Morgan fingerprint density at radius 1 is 0.885 bits per heavy atom. The second kappa shape index (κ2) is 6.00. The Hall–Kier alpha value is -1.51. The van der Waals surface area contributed by atoms with E-state index in [0.717, 1.165) is 5.56 Å². The van der Waals surface area contributed by atoms with Gasteiger partial charge < -0.3 is 29.0 Å². The third-order valence-corrected chi connectivity index (χ3v) is 4.73. The van der Waals surface area contributed by atoms with Crippen LogP contribution in [-0.4, -0.2) is 48.2 Å². The number of amides is 1. The number of benzene rings is 1. The van der Waals surface area contributed by atoms with E-state index in [-0.39, 0.29) is 5.91 Å². The van der Waals surface area contributed by atoms with E-state index in [4.69, 9.17) is 23.7 Å². The number of aryl methyl sites for hydroxylation is 1. The lowest BCUT2D eigenvalue weighted by Gasteiger charge is -2.36. The van der Waals surface area contributed by atoms with Crippen LogP contribution >= 0.6 is 0 Å². The Morgan fingerprint density at radius 3 is 2.15 bits per heavy atom. The molecule has 0 aliphatic carbocycles. The zero-order valence-corrected chi connectivity index (χ0v) is 15.6. The molecule has 3 aliphatic heterocycles. The molecule has 0 bridgehead atoms. The van der Waals surface area contributed by atoms with Crippen molar-refractivity contribution in [3.05, 3.63) is 29.8 Å². The average Bonchev–Trinajstić information content (AvgIpc) is 3.02. The average molecular weight is 363 g/mol. The molecule has 0 radical (unpaired) electrons. The van der Waals surface area contributed by atoms with E-state index in [1.807, 2.05) is 58.9 Å². The van der Waals surface area contributed by atoms with Crippen molar-refractivity contribution in [1.82, 2.24) is 0 Å². The largest absolute Gasteiger partial charge is 0.342 e. The van der Waals surface area contributed by atoms with Gasteiger partial charge in [-0.15, -0.1) is 0 Å².